The number of carbonyl (C=O) groups is 2. The van der Waals surface area contributed by atoms with Gasteiger partial charge in [0.1, 0.15) is 6.54 Å². The summed E-state index contributed by atoms with van der Waals surface area (Å²) in [5, 5.41) is 18.4. The lowest BCUT2D eigenvalue weighted by molar-refractivity contribution is -0.137. The van der Waals surface area contributed by atoms with Crippen LogP contribution in [0.2, 0.25) is 0 Å². The van der Waals surface area contributed by atoms with Gasteiger partial charge in [-0.25, -0.2) is 4.68 Å². The molecule has 0 aliphatic rings. The maximum absolute atomic E-state index is 11.8. The number of amides is 1. The van der Waals surface area contributed by atoms with Crippen LogP contribution in [0.1, 0.15) is 10.5 Å². The second kappa shape index (κ2) is 5.78. The maximum atomic E-state index is 11.8. The van der Waals surface area contributed by atoms with Crippen LogP contribution in [0.3, 0.4) is 0 Å². The molecule has 0 saturated heterocycles. The van der Waals surface area contributed by atoms with Crippen molar-refractivity contribution in [3.8, 4) is 0 Å². The quantitative estimate of drug-likeness (QED) is 0.787. The third-order valence-corrected chi connectivity index (χ3v) is 2.89. The Labute approximate surface area is 121 Å². The van der Waals surface area contributed by atoms with Gasteiger partial charge in [-0.05, 0) is 46.9 Å². The Kier molecular flexibility index (Phi) is 4.10. The van der Waals surface area contributed by atoms with Crippen molar-refractivity contribution in [2.45, 2.75) is 6.54 Å². The molecule has 1 aromatic carbocycles. The molecule has 0 radical (unpaired) electrons. The summed E-state index contributed by atoms with van der Waals surface area (Å²) < 4.78 is 2.15. The van der Waals surface area contributed by atoms with E-state index in [1.54, 1.807) is 12.1 Å². The van der Waals surface area contributed by atoms with E-state index in [9.17, 15) is 9.59 Å². The highest BCUT2D eigenvalue weighted by atomic mass is 127. The number of hydrogen-bond acceptors (Lipinski definition) is 4. The minimum absolute atomic E-state index is 0.0693. The number of nitrogens with one attached hydrogen (secondary N) is 1. The molecule has 1 amide bonds. The number of nitrogens with zero attached hydrogens (tertiary/aromatic N) is 3. The second-order valence-electron chi connectivity index (χ2n) is 3.66. The number of hydrogen-bond donors (Lipinski definition) is 2. The number of carbonyl (C=O) groups excluding carboxylic acids is 1. The van der Waals surface area contributed by atoms with E-state index >= 15 is 0 Å². The Bertz CT molecular complexity index is 609. The minimum atomic E-state index is -1.05. The molecule has 0 atom stereocenters. The van der Waals surface area contributed by atoms with Gasteiger partial charge in [-0.3, -0.25) is 9.59 Å². The maximum Gasteiger partial charge on any atom is 0.325 e. The SMILES string of the molecule is O=C(O)Cn1cc(C(=O)Nc2ccc(I)cc2)nn1. The van der Waals surface area contributed by atoms with Gasteiger partial charge in [-0.1, -0.05) is 5.21 Å². The summed E-state index contributed by atoms with van der Waals surface area (Å²) in [6.07, 6.45) is 1.29. The van der Waals surface area contributed by atoms with Crippen molar-refractivity contribution in [2.75, 3.05) is 5.32 Å². The first-order chi connectivity index (χ1) is 9.04. The number of benzene rings is 1. The third kappa shape index (κ3) is 3.74. The van der Waals surface area contributed by atoms with Gasteiger partial charge >= 0.3 is 5.97 Å². The number of rotatable bonds is 4. The van der Waals surface area contributed by atoms with Crippen LogP contribution < -0.4 is 5.32 Å². The van der Waals surface area contributed by atoms with Crippen LogP contribution in [0.25, 0.3) is 0 Å². The summed E-state index contributed by atoms with van der Waals surface area (Å²) in [5.41, 5.74) is 0.706. The Morgan fingerprint density at radius 1 is 1.32 bits per heavy atom. The number of anilines is 1. The largest absolute Gasteiger partial charge is 0.480 e. The third-order valence-electron chi connectivity index (χ3n) is 2.17. The zero-order valence-corrected chi connectivity index (χ0v) is 11.7. The molecule has 7 nitrogen and oxygen atoms in total. The molecule has 0 unspecified atom stereocenters. The van der Waals surface area contributed by atoms with Crippen LogP contribution in [0, 0.1) is 3.57 Å². The first-order valence-electron chi connectivity index (χ1n) is 5.23. The summed E-state index contributed by atoms with van der Waals surface area (Å²) in [6.45, 7) is -0.330. The highest BCUT2D eigenvalue weighted by Gasteiger charge is 2.12. The zero-order chi connectivity index (χ0) is 13.8. The van der Waals surface area contributed by atoms with Crippen LogP contribution in [0.4, 0.5) is 5.69 Å². The Hall–Kier alpha value is -1.97. The van der Waals surface area contributed by atoms with E-state index in [2.05, 4.69) is 38.2 Å². The standard InChI is InChI=1S/C11H9IN4O3/c12-7-1-3-8(4-2-7)13-11(19)9-5-16(15-14-9)6-10(17)18/h1-5H,6H2,(H,13,19)(H,17,18). The lowest BCUT2D eigenvalue weighted by Gasteiger charge is -2.02. The molecule has 0 bridgehead atoms. The topological polar surface area (TPSA) is 97.1 Å². The lowest BCUT2D eigenvalue weighted by Crippen LogP contribution is -2.12. The minimum Gasteiger partial charge on any atom is -0.480 e. The van der Waals surface area contributed by atoms with Crippen LogP contribution in [-0.2, 0) is 11.3 Å². The van der Waals surface area contributed by atoms with E-state index in [-0.39, 0.29) is 12.2 Å². The summed E-state index contributed by atoms with van der Waals surface area (Å²) in [5.74, 6) is -1.48. The predicted octanol–water partition coefficient (Wildman–Crippen LogP) is 1.22. The molecule has 2 aromatic rings. The van der Waals surface area contributed by atoms with Crippen LogP contribution in [0.5, 0.6) is 0 Å². The highest BCUT2D eigenvalue weighted by Crippen LogP contribution is 2.11. The van der Waals surface area contributed by atoms with E-state index in [1.807, 2.05) is 12.1 Å². The molecule has 2 rings (SSSR count). The Morgan fingerprint density at radius 2 is 2.00 bits per heavy atom. The molecule has 19 heavy (non-hydrogen) atoms. The van der Waals surface area contributed by atoms with Crippen molar-refractivity contribution in [2.24, 2.45) is 0 Å². The highest BCUT2D eigenvalue weighted by molar-refractivity contribution is 14.1. The van der Waals surface area contributed by atoms with Crippen LogP contribution >= 0.6 is 22.6 Å². The van der Waals surface area contributed by atoms with E-state index in [1.165, 1.54) is 6.20 Å². The van der Waals surface area contributed by atoms with Crippen LogP contribution in [-0.4, -0.2) is 32.0 Å². The molecule has 2 N–H and O–H groups in total. The summed E-state index contributed by atoms with van der Waals surface area (Å²) in [7, 11) is 0. The van der Waals surface area contributed by atoms with E-state index in [0.29, 0.717) is 5.69 Å². The Morgan fingerprint density at radius 3 is 2.63 bits per heavy atom. The van der Waals surface area contributed by atoms with Crippen LogP contribution in [0.15, 0.2) is 30.5 Å². The van der Waals surface area contributed by atoms with Gasteiger partial charge in [-0.2, -0.15) is 0 Å². The molecular formula is C11H9IN4O3. The van der Waals surface area contributed by atoms with Gasteiger partial charge in [0.05, 0.1) is 6.20 Å². The first kappa shape index (κ1) is 13.5. The van der Waals surface area contributed by atoms with Crippen molar-refractivity contribution in [3.63, 3.8) is 0 Å². The number of halogens is 1. The van der Waals surface area contributed by atoms with Gasteiger partial charge in [0.25, 0.3) is 5.91 Å². The number of aliphatic carboxylic acids is 1. The van der Waals surface area contributed by atoms with E-state index in [0.717, 1.165) is 8.25 Å². The normalized spacial score (nSPS) is 10.2. The van der Waals surface area contributed by atoms with Crippen molar-refractivity contribution >= 4 is 40.2 Å². The number of carboxylic acid groups (broad SMARTS) is 1. The molecule has 0 aliphatic carbocycles. The van der Waals surface area contributed by atoms with E-state index < -0.39 is 11.9 Å². The van der Waals surface area contributed by atoms with E-state index in [4.69, 9.17) is 5.11 Å². The van der Waals surface area contributed by atoms with Crippen molar-refractivity contribution in [1.29, 1.82) is 0 Å². The molecule has 0 aliphatic heterocycles. The van der Waals surface area contributed by atoms with Gasteiger partial charge in [-0.15, -0.1) is 5.10 Å². The van der Waals surface area contributed by atoms with Crippen molar-refractivity contribution in [1.82, 2.24) is 15.0 Å². The molecule has 1 aromatic heterocycles. The Balaban J connectivity index is 2.05. The summed E-state index contributed by atoms with van der Waals surface area (Å²) in [6, 6.07) is 7.25. The molecule has 0 saturated carbocycles. The molecule has 98 valence electrons. The van der Waals surface area contributed by atoms with Gasteiger partial charge in [0, 0.05) is 9.26 Å². The predicted molar refractivity (Wildman–Crippen MR) is 74.8 cm³/mol. The zero-order valence-electron chi connectivity index (χ0n) is 9.58. The number of aromatic nitrogens is 3. The second-order valence-corrected chi connectivity index (χ2v) is 4.90. The van der Waals surface area contributed by atoms with Crippen molar-refractivity contribution in [3.05, 3.63) is 39.7 Å². The smallest absolute Gasteiger partial charge is 0.325 e. The average Bonchev–Trinajstić information content (AvgIpc) is 2.80. The molecular weight excluding hydrogens is 363 g/mol. The first-order valence-corrected chi connectivity index (χ1v) is 6.31. The molecule has 8 heteroatoms. The fourth-order valence-corrected chi connectivity index (χ4v) is 1.71. The van der Waals surface area contributed by atoms with Gasteiger partial charge < -0.3 is 10.4 Å². The van der Waals surface area contributed by atoms with Gasteiger partial charge in [0.15, 0.2) is 5.69 Å². The molecule has 0 spiro atoms. The molecule has 0 fully saturated rings. The fraction of sp³-hybridized carbons (Fsp3) is 0.0909. The summed E-state index contributed by atoms with van der Waals surface area (Å²) in [4.78, 5) is 22.3. The average molecular weight is 372 g/mol. The number of carboxylic acids is 1. The molecule has 1 heterocycles. The fourth-order valence-electron chi connectivity index (χ4n) is 1.35. The monoisotopic (exact) mass is 372 g/mol. The van der Waals surface area contributed by atoms with Crippen molar-refractivity contribution < 1.29 is 14.7 Å². The van der Waals surface area contributed by atoms with Gasteiger partial charge in [0.2, 0.25) is 0 Å². The lowest BCUT2D eigenvalue weighted by atomic mass is 10.3. The summed E-state index contributed by atoms with van der Waals surface area (Å²) >= 11 is 2.16.